The zero-order chi connectivity index (χ0) is 16.6. The monoisotopic (exact) mass is 321 g/mol. The maximum Gasteiger partial charge on any atom is 0.330 e. The minimum atomic E-state index is -3.13. The first-order chi connectivity index (χ1) is 10.8. The van der Waals surface area contributed by atoms with Gasteiger partial charge in [0.15, 0.2) is 0 Å². The van der Waals surface area contributed by atoms with E-state index in [2.05, 4.69) is 10.3 Å². The summed E-state index contributed by atoms with van der Waals surface area (Å²) in [4.78, 5) is 26.8. The summed E-state index contributed by atoms with van der Waals surface area (Å²) in [6, 6.07) is 9.63. The Hall–Kier alpha value is -2.44. The molecule has 0 fully saturated rings. The van der Waals surface area contributed by atoms with E-state index in [1.54, 1.807) is 0 Å². The molecule has 0 radical (unpaired) electrons. The van der Waals surface area contributed by atoms with Crippen molar-refractivity contribution in [2.24, 2.45) is 0 Å². The Morgan fingerprint density at radius 1 is 1.26 bits per heavy atom. The van der Waals surface area contributed by atoms with Gasteiger partial charge in [0.1, 0.15) is 5.82 Å². The van der Waals surface area contributed by atoms with Crippen LogP contribution in [0.25, 0.3) is 0 Å². The molecule has 2 heterocycles. The number of hydrogen-bond acceptors (Lipinski definition) is 3. The van der Waals surface area contributed by atoms with Crippen LogP contribution in [0.2, 0.25) is 0 Å². The van der Waals surface area contributed by atoms with Crippen LogP contribution in [0.4, 0.5) is 14.6 Å². The molecule has 2 aromatic rings. The predicted molar refractivity (Wildman–Crippen MR) is 83.1 cm³/mol. The number of hydrogen-bond donors (Lipinski definition) is 2. The van der Waals surface area contributed by atoms with E-state index in [1.165, 1.54) is 0 Å². The van der Waals surface area contributed by atoms with E-state index in [-0.39, 0.29) is 6.04 Å². The third-order valence-electron chi connectivity index (χ3n) is 3.92. The van der Waals surface area contributed by atoms with Gasteiger partial charge in [0.2, 0.25) is 0 Å². The normalized spacial score (nSPS) is 17.4. The van der Waals surface area contributed by atoms with Gasteiger partial charge in [-0.3, -0.25) is 14.3 Å². The summed E-state index contributed by atoms with van der Waals surface area (Å²) in [6.07, 6.45) is 1.08. The van der Waals surface area contributed by atoms with Gasteiger partial charge in [0.25, 0.3) is 11.5 Å². The van der Waals surface area contributed by atoms with Crippen molar-refractivity contribution >= 4 is 5.82 Å². The molecule has 1 aromatic carbocycles. The molecule has 0 unspecified atom stereocenters. The third-order valence-corrected chi connectivity index (χ3v) is 3.92. The molecule has 0 amide bonds. The topological polar surface area (TPSA) is 66.9 Å². The molecular weight excluding hydrogens is 304 g/mol. The Kier molecular flexibility index (Phi) is 3.79. The number of aromatic nitrogens is 2. The van der Waals surface area contributed by atoms with Crippen molar-refractivity contribution in [3.8, 4) is 0 Å². The molecule has 0 spiro atoms. The third kappa shape index (κ3) is 3.18. The minimum absolute atomic E-state index is 0.0257. The van der Waals surface area contributed by atoms with E-state index < -0.39 is 23.7 Å². The van der Waals surface area contributed by atoms with Crippen LogP contribution in [0.5, 0.6) is 0 Å². The highest BCUT2D eigenvalue weighted by Gasteiger charge is 2.28. The lowest BCUT2D eigenvalue weighted by molar-refractivity contribution is 0.00165. The summed E-state index contributed by atoms with van der Waals surface area (Å²) in [5.74, 6) is -2.80. The Balaban J connectivity index is 1.97. The standard InChI is InChI=1S/C16H17F2N3O2/c1-16(17,18)9-21-14(22)11-7-8-12(10-5-3-2-4-6-10)19-13(11)20-15(21)23/h2-6,12,19H,7-9H2,1H3,(H,20,23)/t12-/m1/s1. The Bertz CT molecular complexity index is 822. The van der Waals surface area contributed by atoms with Crippen molar-refractivity contribution in [2.75, 3.05) is 5.32 Å². The van der Waals surface area contributed by atoms with Crippen molar-refractivity contribution in [3.63, 3.8) is 0 Å². The van der Waals surface area contributed by atoms with Crippen LogP contribution in [-0.2, 0) is 13.0 Å². The number of benzene rings is 1. The molecule has 5 nitrogen and oxygen atoms in total. The second-order valence-electron chi connectivity index (χ2n) is 5.89. The van der Waals surface area contributed by atoms with Gasteiger partial charge in [-0.1, -0.05) is 30.3 Å². The molecule has 0 bridgehead atoms. The molecule has 2 N–H and O–H groups in total. The first-order valence-electron chi connectivity index (χ1n) is 7.40. The van der Waals surface area contributed by atoms with Crippen molar-refractivity contribution in [3.05, 3.63) is 62.3 Å². The lowest BCUT2D eigenvalue weighted by atomic mass is 9.96. The highest BCUT2D eigenvalue weighted by atomic mass is 19.3. The fourth-order valence-corrected chi connectivity index (χ4v) is 2.86. The van der Waals surface area contributed by atoms with E-state index in [0.717, 1.165) is 5.56 Å². The van der Waals surface area contributed by atoms with E-state index in [0.29, 0.717) is 35.7 Å². The Morgan fingerprint density at radius 3 is 2.61 bits per heavy atom. The number of rotatable bonds is 3. The molecule has 1 aliphatic heterocycles. The molecule has 1 atom stereocenters. The van der Waals surface area contributed by atoms with Gasteiger partial charge < -0.3 is 5.32 Å². The molecule has 7 heteroatoms. The molecule has 1 aromatic heterocycles. The van der Waals surface area contributed by atoms with Crippen molar-refractivity contribution < 1.29 is 8.78 Å². The SMILES string of the molecule is CC(F)(F)Cn1c(=O)[nH]c2c(c1=O)CC[C@H](c1ccccc1)N2. The molecule has 1 aliphatic rings. The van der Waals surface area contributed by atoms with Gasteiger partial charge >= 0.3 is 5.69 Å². The second-order valence-corrected chi connectivity index (χ2v) is 5.89. The molecule has 3 rings (SSSR count). The Labute approximate surface area is 131 Å². The number of anilines is 1. The van der Waals surface area contributed by atoms with Crippen LogP contribution in [-0.4, -0.2) is 15.5 Å². The number of fused-ring (bicyclic) bond motifs is 1. The quantitative estimate of drug-likeness (QED) is 0.911. The van der Waals surface area contributed by atoms with Gasteiger partial charge in [-0.15, -0.1) is 0 Å². The highest BCUT2D eigenvalue weighted by molar-refractivity contribution is 5.47. The van der Waals surface area contributed by atoms with Gasteiger partial charge in [-0.25, -0.2) is 13.6 Å². The maximum absolute atomic E-state index is 13.2. The smallest absolute Gasteiger partial charge is 0.330 e. The number of halogens is 2. The van der Waals surface area contributed by atoms with Gasteiger partial charge in [0, 0.05) is 6.92 Å². The largest absolute Gasteiger partial charge is 0.364 e. The summed E-state index contributed by atoms with van der Waals surface area (Å²) in [5.41, 5.74) is -0.0786. The van der Waals surface area contributed by atoms with E-state index in [4.69, 9.17) is 0 Å². The fourth-order valence-electron chi connectivity index (χ4n) is 2.86. The second kappa shape index (κ2) is 5.64. The number of alkyl halides is 2. The van der Waals surface area contributed by atoms with Gasteiger partial charge in [-0.05, 0) is 18.4 Å². The molecule has 122 valence electrons. The lowest BCUT2D eigenvalue weighted by Gasteiger charge is -2.27. The van der Waals surface area contributed by atoms with Gasteiger partial charge in [-0.2, -0.15) is 0 Å². The summed E-state index contributed by atoms with van der Waals surface area (Å²) < 4.78 is 26.9. The summed E-state index contributed by atoms with van der Waals surface area (Å²) in [5, 5.41) is 3.13. The summed E-state index contributed by atoms with van der Waals surface area (Å²) in [6.45, 7) is -0.238. The highest BCUT2D eigenvalue weighted by Crippen LogP contribution is 2.29. The average Bonchev–Trinajstić information content (AvgIpc) is 2.51. The van der Waals surface area contributed by atoms with Crippen LogP contribution in [0.15, 0.2) is 39.9 Å². The predicted octanol–water partition coefficient (Wildman–Crippen LogP) is 2.29. The maximum atomic E-state index is 13.2. The van der Waals surface area contributed by atoms with Crippen molar-refractivity contribution in [1.82, 2.24) is 9.55 Å². The van der Waals surface area contributed by atoms with Crippen LogP contribution in [0, 0.1) is 0 Å². The van der Waals surface area contributed by atoms with Crippen LogP contribution < -0.4 is 16.6 Å². The van der Waals surface area contributed by atoms with E-state index in [1.807, 2.05) is 30.3 Å². The molecule has 23 heavy (non-hydrogen) atoms. The summed E-state index contributed by atoms with van der Waals surface area (Å²) >= 11 is 0. The molecule has 0 aliphatic carbocycles. The number of nitrogens with one attached hydrogen (secondary N) is 2. The number of aromatic amines is 1. The Morgan fingerprint density at radius 2 is 1.96 bits per heavy atom. The van der Waals surface area contributed by atoms with Crippen LogP contribution in [0.1, 0.15) is 30.5 Å². The average molecular weight is 321 g/mol. The molecule has 0 saturated heterocycles. The first kappa shape index (κ1) is 15.5. The molecule has 0 saturated carbocycles. The zero-order valence-corrected chi connectivity index (χ0v) is 12.6. The minimum Gasteiger partial charge on any atom is -0.364 e. The van der Waals surface area contributed by atoms with Crippen LogP contribution >= 0.6 is 0 Å². The van der Waals surface area contributed by atoms with E-state index >= 15 is 0 Å². The van der Waals surface area contributed by atoms with E-state index in [9.17, 15) is 18.4 Å². The fraction of sp³-hybridized carbons (Fsp3) is 0.375. The van der Waals surface area contributed by atoms with Crippen molar-refractivity contribution in [2.45, 2.75) is 38.3 Å². The number of nitrogens with zero attached hydrogens (tertiary/aromatic N) is 1. The van der Waals surface area contributed by atoms with Crippen LogP contribution in [0.3, 0.4) is 0 Å². The van der Waals surface area contributed by atoms with Crippen molar-refractivity contribution in [1.29, 1.82) is 0 Å². The summed E-state index contributed by atoms with van der Waals surface area (Å²) in [7, 11) is 0. The first-order valence-corrected chi connectivity index (χ1v) is 7.40. The zero-order valence-electron chi connectivity index (χ0n) is 12.6. The lowest BCUT2D eigenvalue weighted by Crippen LogP contribution is -2.43. The van der Waals surface area contributed by atoms with Gasteiger partial charge in [0.05, 0.1) is 18.2 Å². The number of H-pyrrole nitrogens is 1. The molecular formula is C16H17F2N3O2.